The van der Waals surface area contributed by atoms with Crippen LogP contribution in [0.1, 0.15) is 9.67 Å². The molecule has 0 aliphatic carbocycles. The minimum absolute atomic E-state index is 0.110. The van der Waals surface area contributed by atoms with Crippen molar-refractivity contribution in [1.82, 2.24) is 0 Å². The van der Waals surface area contributed by atoms with Crippen LogP contribution in [-0.4, -0.2) is 27.6 Å². The molecular formula is C23H16ClF3N2O3S2. The van der Waals surface area contributed by atoms with Gasteiger partial charge in [-0.15, -0.1) is 11.3 Å². The molecule has 0 unspecified atom stereocenters. The summed E-state index contributed by atoms with van der Waals surface area (Å²) in [6.45, 7) is 0. The number of fused-ring (bicyclic) bond motifs is 1. The Morgan fingerprint density at radius 2 is 1.74 bits per heavy atom. The molecule has 4 rings (SSSR count). The summed E-state index contributed by atoms with van der Waals surface area (Å²) in [6, 6.07) is 11.6. The van der Waals surface area contributed by atoms with E-state index in [0.29, 0.717) is 15.6 Å². The van der Waals surface area contributed by atoms with Gasteiger partial charge < -0.3 is 5.32 Å². The van der Waals surface area contributed by atoms with E-state index in [0.717, 1.165) is 34.0 Å². The maximum Gasteiger partial charge on any atom is 0.265 e. The number of sulfonamides is 1. The van der Waals surface area contributed by atoms with Gasteiger partial charge in [0, 0.05) is 34.1 Å². The van der Waals surface area contributed by atoms with Crippen molar-refractivity contribution in [2.45, 2.75) is 0 Å². The molecule has 1 N–H and O–H groups in total. The fraction of sp³-hybridized carbons (Fsp3) is 0.0870. The average molecular weight is 525 g/mol. The van der Waals surface area contributed by atoms with Gasteiger partial charge in [-0.2, -0.15) is 0 Å². The van der Waals surface area contributed by atoms with Gasteiger partial charge in [-0.05, 0) is 59.5 Å². The summed E-state index contributed by atoms with van der Waals surface area (Å²) >= 11 is 7.16. The Bertz CT molecular complexity index is 1550. The lowest BCUT2D eigenvalue weighted by atomic mass is 10.0. The monoisotopic (exact) mass is 524 g/mol. The Labute approximate surface area is 202 Å². The molecule has 0 aliphatic rings. The third-order valence-electron chi connectivity index (χ3n) is 5.04. The molecule has 11 heteroatoms. The fourth-order valence-corrected chi connectivity index (χ4v) is 5.01. The smallest absolute Gasteiger partial charge is 0.265 e. The number of anilines is 2. The standard InChI is InChI=1S/C23H16ClF3N2O3S2/c1-29(34(2,31)32)20-7-13-8-22(33-21(13)11-19(20)27)23(30)28-16-6-12(5-14(24)9-16)17-4-3-15(25)10-18(17)26/h3-11H,1-2H3,(H,28,30). The zero-order valence-electron chi connectivity index (χ0n) is 17.7. The molecule has 0 aliphatic heterocycles. The molecule has 4 aromatic rings. The molecule has 0 radical (unpaired) electrons. The van der Waals surface area contributed by atoms with Gasteiger partial charge in [-0.1, -0.05) is 11.6 Å². The van der Waals surface area contributed by atoms with Crippen molar-refractivity contribution in [3.63, 3.8) is 0 Å². The highest BCUT2D eigenvalue weighted by atomic mass is 35.5. The summed E-state index contributed by atoms with van der Waals surface area (Å²) in [5, 5.41) is 3.38. The minimum Gasteiger partial charge on any atom is -0.321 e. The van der Waals surface area contributed by atoms with E-state index in [-0.39, 0.29) is 26.8 Å². The van der Waals surface area contributed by atoms with Crippen LogP contribution >= 0.6 is 22.9 Å². The Morgan fingerprint density at radius 1 is 1.00 bits per heavy atom. The van der Waals surface area contributed by atoms with E-state index in [1.807, 2.05) is 0 Å². The number of nitrogens with one attached hydrogen (secondary N) is 1. The highest BCUT2D eigenvalue weighted by Gasteiger charge is 2.19. The lowest BCUT2D eigenvalue weighted by molar-refractivity contribution is 0.103. The summed E-state index contributed by atoms with van der Waals surface area (Å²) in [6.07, 6.45) is 0.959. The molecule has 1 amide bonds. The van der Waals surface area contributed by atoms with Crippen molar-refractivity contribution >= 4 is 60.3 Å². The van der Waals surface area contributed by atoms with Gasteiger partial charge in [-0.25, -0.2) is 21.6 Å². The van der Waals surface area contributed by atoms with Crippen LogP contribution in [0.25, 0.3) is 21.2 Å². The minimum atomic E-state index is -3.68. The number of hydrogen-bond acceptors (Lipinski definition) is 4. The molecular weight excluding hydrogens is 509 g/mol. The van der Waals surface area contributed by atoms with Gasteiger partial charge in [0.05, 0.1) is 16.8 Å². The molecule has 0 spiro atoms. The molecule has 0 atom stereocenters. The Kier molecular flexibility index (Phi) is 6.32. The molecule has 34 heavy (non-hydrogen) atoms. The van der Waals surface area contributed by atoms with Crippen molar-refractivity contribution in [3.05, 3.63) is 81.9 Å². The van der Waals surface area contributed by atoms with E-state index in [1.54, 1.807) is 0 Å². The van der Waals surface area contributed by atoms with E-state index in [4.69, 9.17) is 11.6 Å². The van der Waals surface area contributed by atoms with Crippen molar-refractivity contribution in [2.75, 3.05) is 22.9 Å². The third kappa shape index (κ3) is 4.89. The Balaban J connectivity index is 1.65. The molecule has 0 bridgehead atoms. The Hall–Kier alpha value is -3.08. The van der Waals surface area contributed by atoms with Crippen molar-refractivity contribution in [2.24, 2.45) is 0 Å². The quantitative estimate of drug-likeness (QED) is 0.334. The van der Waals surface area contributed by atoms with Gasteiger partial charge in [0.15, 0.2) is 0 Å². The molecule has 0 saturated carbocycles. The Morgan fingerprint density at radius 3 is 2.41 bits per heavy atom. The second kappa shape index (κ2) is 8.94. The van der Waals surface area contributed by atoms with Gasteiger partial charge in [0.1, 0.15) is 17.5 Å². The second-order valence-corrected chi connectivity index (χ2v) is 11.0. The largest absolute Gasteiger partial charge is 0.321 e. The molecule has 176 valence electrons. The number of carbonyl (C=O) groups is 1. The zero-order chi connectivity index (χ0) is 24.8. The molecule has 5 nitrogen and oxygen atoms in total. The van der Waals surface area contributed by atoms with Gasteiger partial charge >= 0.3 is 0 Å². The van der Waals surface area contributed by atoms with E-state index in [9.17, 15) is 26.4 Å². The zero-order valence-corrected chi connectivity index (χ0v) is 20.1. The van der Waals surface area contributed by atoms with Gasteiger partial charge in [0.25, 0.3) is 5.91 Å². The topological polar surface area (TPSA) is 66.5 Å². The summed E-state index contributed by atoms with van der Waals surface area (Å²) in [7, 11) is -2.44. The maximum atomic E-state index is 14.5. The first kappa shape index (κ1) is 24.1. The van der Waals surface area contributed by atoms with Crippen molar-refractivity contribution in [3.8, 4) is 11.1 Å². The fourth-order valence-electron chi connectivity index (χ4n) is 3.32. The summed E-state index contributed by atoms with van der Waals surface area (Å²) in [5.74, 6) is -2.76. The van der Waals surface area contributed by atoms with Crippen LogP contribution in [0.2, 0.25) is 5.02 Å². The van der Waals surface area contributed by atoms with E-state index in [2.05, 4.69) is 5.32 Å². The van der Waals surface area contributed by atoms with Crippen LogP contribution in [0.5, 0.6) is 0 Å². The highest BCUT2D eigenvalue weighted by Crippen LogP contribution is 2.34. The van der Waals surface area contributed by atoms with E-state index >= 15 is 0 Å². The number of halogens is 4. The number of nitrogens with zero attached hydrogens (tertiary/aromatic N) is 1. The summed E-state index contributed by atoms with van der Waals surface area (Å²) < 4.78 is 66.8. The first-order valence-electron chi connectivity index (χ1n) is 9.67. The van der Waals surface area contributed by atoms with Gasteiger partial charge in [-0.3, -0.25) is 9.10 Å². The summed E-state index contributed by atoms with van der Waals surface area (Å²) in [5.41, 5.74) is 0.587. The normalized spacial score (nSPS) is 11.6. The lowest BCUT2D eigenvalue weighted by Gasteiger charge is -2.17. The molecule has 1 aromatic heterocycles. The van der Waals surface area contributed by atoms with Crippen LogP contribution in [0.15, 0.2) is 54.6 Å². The average Bonchev–Trinajstić information content (AvgIpc) is 3.14. The van der Waals surface area contributed by atoms with Crippen molar-refractivity contribution in [1.29, 1.82) is 0 Å². The van der Waals surface area contributed by atoms with E-state index < -0.39 is 33.4 Å². The molecule has 1 heterocycles. The number of carbonyl (C=O) groups excluding carboxylic acids is 1. The maximum absolute atomic E-state index is 14.5. The van der Waals surface area contributed by atoms with Crippen LogP contribution in [0.3, 0.4) is 0 Å². The summed E-state index contributed by atoms with van der Waals surface area (Å²) in [4.78, 5) is 13.1. The van der Waals surface area contributed by atoms with Crippen LogP contribution in [0, 0.1) is 17.5 Å². The molecule has 3 aromatic carbocycles. The number of hydrogen-bond donors (Lipinski definition) is 1. The third-order valence-corrected chi connectivity index (χ3v) is 7.55. The number of rotatable bonds is 5. The van der Waals surface area contributed by atoms with Gasteiger partial charge in [0.2, 0.25) is 10.0 Å². The van der Waals surface area contributed by atoms with Crippen molar-refractivity contribution < 1.29 is 26.4 Å². The first-order chi connectivity index (χ1) is 15.9. The lowest BCUT2D eigenvalue weighted by Crippen LogP contribution is -2.25. The van der Waals surface area contributed by atoms with Crippen LogP contribution < -0.4 is 9.62 Å². The number of thiophene rings is 1. The second-order valence-electron chi connectivity index (χ2n) is 7.49. The predicted molar refractivity (Wildman–Crippen MR) is 130 cm³/mol. The van der Waals surface area contributed by atoms with E-state index in [1.165, 1.54) is 49.5 Å². The molecule has 0 saturated heterocycles. The predicted octanol–water partition coefficient (Wildman–Crippen LogP) is 6.29. The number of amides is 1. The number of benzene rings is 3. The van der Waals surface area contributed by atoms with Crippen LogP contribution in [-0.2, 0) is 10.0 Å². The first-order valence-corrected chi connectivity index (χ1v) is 12.7. The van der Waals surface area contributed by atoms with Crippen LogP contribution in [0.4, 0.5) is 24.5 Å². The molecule has 0 fully saturated rings. The highest BCUT2D eigenvalue weighted by molar-refractivity contribution is 7.92. The SMILES string of the molecule is CN(c1cc2cc(C(=O)Nc3cc(Cl)cc(-c4ccc(F)cc4F)c3)sc2cc1F)S(C)(=O)=O.